The van der Waals surface area contributed by atoms with E-state index in [0.29, 0.717) is 6.54 Å². The normalized spacial score (nSPS) is 9.67. The van der Waals surface area contributed by atoms with Crippen molar-refractivity contribution in [3.05, 3.63) is 29.8 Å². The van der Waals surface area contributed by atoms with Gasteiger partial charge in [0.05, 0.1) is 12.8 Å². The largest absolute Gasteiger partial charge is 0.497 e. The molecule has 2 rings (SSSR count). The van der Waals surface area contributed by atoms with E-state index in [-0.39, 0.29) is 24.8 Å². The molecule has 0 radical (unpaired) electrons. The van der Waals surface area contributed by atoms with E-state index < -0.39 is 0 Å². The number of halogens is 2. The summed E-state index contributed by atoms with van der Waals surface area (Å²) in [5, 5.41) is 9.14. The summed E-state index contributed by atoms with van der Waals surface area (Å²) in [5.41, 5.74) is 6.48. The molecule has 0 aliphatic carbocycles. The van der Waals surface area contributed by atoms with Crippen LogP contribution in [0.25, 0.3) is 0 Å². The van der Waals surface area contributed by atoms with Gasteiger partial charge < -0.3 is 15.0 Å². The molecule has 2 aromatic heterocycles. The Morgan fingerprint density at radius 1 is 1.33 bits per heavy atom. The number of nitrogens with zero attached hydrogens (tertiary/aromatic N) is 4. The lowest BCUT2D eigenvalue weighted by atomic mass is 10.3. The number of aromatic nitrogens is 4. The second-order valence-electron chi connectivity index (χ2n) is 3.97. The Bertz CT molecular complexity index is 552. The molecule has 9 heteroatoms. The zero-order chi connectivity index (χ0) is 13.7. The lowest BCUT2D eigenvalue weighted by Crippen LogP contribution is -2.08. The Hall–Kier alpha value is -1.02. The van der Waals surface area contributed by atoms with Gasteiger partial charge in [0.15, 0.2) is 5.16 Å². The number of rotatable bonds is 6. The second-order valence-corrected chi connectivity index (χ2v) is 4.91. The fourth-order valence-corrected chi connectivity index (χ4v) is 2.45. The SMILES string of the molecule is COc1ccnc(CSc2nnc(CCN)n2C)c1.Cl.Cl. The van der Waals surface area contributed by atoms with Crippen LogP contribution in [0, 0.1) is 0 Å². The topological polar surface area (TPSA) is 78.8 Å². The Morgan fingerprint density at radius 3 is 2.76 bits per heavy atom. The first kappa shape index (κ1) is 20.0. The molecule has 2 N–H and O–H groups in total. The minimum absolute atomic E-state index is 0. The van der Waals surface area contributed by atoms with Gasteiger partial charge in [-0.3, -0.25) is 4.98 Å². The molecule has 0 amide bonds. The van der Waals surface area contributed by atoms with Crippen LogP contribution >= 0.6 is 36.6 Å². The predicted octanol–water partition coefficient (Wildman–Crippen LogP) is 1.86. The lowest BCUT2D eigenvalue weighted by Gasteiger charge is -2.04. The molecule has 6 nitrogen and oxygen atoms in total. The van der Waals surface area contributed by atoms with Crippen molar-refractivity contribution in [3.8, 4) is 5.75 Å². The maximum atomic E-state index is 5.52. The maximum Gasteiger partial charge on any atom is 0.191 e. The molecule has 2 heterocycles. The van der Waals surface area contributed by atoms with Crippen LogP contribution in [0.3, 0.4) is 0 Å². The van der Waals surface area contributed by atoms with E-state index in [4.69, 9.17) is 10.5 Å². The Labute approximate surface area is 140 Å². The van der Waals surface area contributed by atoms with Crippen LogP contribution < -0.4 is 10.5 Å². The fourth-order valence-electron chi connectivity index (χ4n) is 1.62. The molecule has 0 saturated heterocycles. The van der Waals surface area contributed by atoms with E-state index >= 15 is 0 Å². The molecule has 0 atom stereocenters. The number of hydrogen-bond donors (Lipinski definition) is 1. The third-order valence-corrected chi connectivity index (χ3v) is 3.72. The lowest BCUT2D eigenvalue weighted by molar-refractivity contribution is 0.413. The van der Waals surface area contributed by atoms with Gasteiger partial charge in [0.2, 0.25) is 0 Å². The molecule has 0 unspecified atom stereocenters. The van der Waals surface area contributed by atoms with Gasteiger partial charge in [0, 0.05) is 31.5 Å². The standard InChI is InChI=1S/C12H17N5OS.2ClH/c1-17-11(3-5-13)15-16-12(17)19-8-9-7-10(18-2)4-6-14-9;;/h4,6-7H,3,5,8,13H2,1-2H3;2*1H. The van der Waals surface area contributed by atoms with Gasteiger partial charge in [0.25, 0.3) is 0 Å². The van der Waals surface area contributed by atoms with Crippen LogP contribution in [-0.2, 0) is 19.2 Å². The summed E-state index contributed by atoms with van der Waals surface area (Å²) in [5.74, 6) is 2.45. The molecule has 0 aliphatic heterocycles. The predicted molar refractivity (Wildman–Crippen MR) is 88.6 cm³/mol. The molecule has 118 valence electrons. The number of methoxy groups -OCH3 is 1. The third kappa shape index (κ3) is 5.35. The van der Waals surface area contributed by atoms with Crippen molar-refractivity contribution in [2.45, 2.75) is 17.3 Å². The molecule has 0 aromatic carbocycles. The van der Waals surface area contributed by atoms with Crippen molar-refractivity contribution in [1.29, 1.82) is 0 Å². The van der Waals surface area contributed by atoms with Gasteiger partial charge >= 0.3 is 0 Å². The molecule has 0 spiro atoms. The highest BCUT2D eigenvalue weighted by Crippen LogP contribution is 2.21. The van der Waals surface area contributed by atoms with Crippen molar-refractivity contribution < 1.29 is 4.74 Å². The zero-order valence-electron chi connectivity index (χ0n) is 11.9. The van der Waals surface area contributed by atoms with Crippen LogP contribution in [0.5, 0.6) is 5.75 Å². The molecular weight excluding hydrogens is 333 g/mol. The van der Waals surface area contributed by atoms with Crippen molar-refractivity contribution in [3.63, 3.8) is 0 Å². The van der Waals surface area contributed by atoms with Crippen LogP contribution in [0.4, 0.5) is 0 Å². The summed E-state index contributed by atoms with van der Waals surface area (Å²) in [6, 6.07) is 3.75. The number of pyridine rings is 1. The third-order valence-electron chi connectivity index (χ3n) is 2.67. The van der Waals surface area contributed by atoms with Crippen LogP contribution in [0.15, 0.2) is 23.5 Å². The summed E-state index contributed by atoms with van der Waals surface area (Å²) >= 11 is 1.60. The number of nitrogens with two attached hydrogens (primary N) is 1. The molecule has 21 heavy (non-hydrogen) atoms. The molecule has 0 bridgehead atoms. The smallest absolute Gasteiger partial charge is 0.191 e. The van der Waals surface area contributed by atoms with E-state index in [0.717, 1.165) is 34.6 Å². The Balaban J connectivity index is 0.00000200. The van der Waals surface area contributed by atoms with Crippen molar-refractivity contribution >= 4 is 36.6 Å². The summed E-state index contributed by atoms with van der Waals surface area (Å²) in [6.07, 6.45) is 2.48. The first-order chi connectivity index (χ1) is 9.24. The molecule has 0 aliphatic rings. The van der Waals surface area contributed by atoms with E-state index in [2.05, 4.69) is 15.2 Å². The van der Waals surface area contributed by atoms with Crippen LogP contribution in [-0.4, -0.2) is 33.4 Å². The first-order valence-electron chi connectivity index (χ1n) is 5.94. The van der Waals surface area contributed by atoms with Crippen molar-refractivity contribution in [2.75, 3.05) is 13.7 Å². The van der Waals surface area contributed by atoms with E-state index in [1.807, 2.05) is 23.7 Å². The minimum atomic E-state index is 0. The van der Waals surface area contributed by atoms with Crippen molar-refractivity contribution in [2.24, 2.45) is 12.8 Å². The van der Waals surface area contributed by atoms with Crippen molar-refractivity contribution in [1.82, 2.24) is 19.7 Å². The van der Waals surface area contributed by atoms with Gasteiger partial charge in [-0.25, -0.2) is 0 Å². The molecule has 0 fully saturated rings. The van der Waals surface area contributed by atoms with E-state index in [1.54, 1.807) is 25.1 Å². The average molecular weight is 352 g/mol. The highest BCUT2D eigenvalue weighted by molar-refractivity contribution is 7.98. The molecular formula is C12H19Cl2N5OS. The second kappa shape index (κ2) is 9.83. The van der Waals surface area contributed by atoms with Gasteiger partial charge in [-0.15, -0.1) is 35.0 Å². The van der Waals surface area contributed by atoms with E-state index in [9.17, 15) is 0 Å². The fraction of sp³-hybridized carbons (Fsp3) is 0.417. The van der Waals surface area contributed by atoms with Gasteiger partial charge in [-0.2, -0.15) is 0 Å². The first-order valence-corrected chi connectivity index (χ1v) is 6.93. The Kier molecular flexibility index (Phi) is 9.36. The number of hydrogen-bond acceptors (Lipinski definition) is 6. The van der Waals surface area contributed by atoms with E-state index in [1.165, 1.54) is 0 Å². The van der Waals surface area contributed by atoms with Crippen LogP contribution in [0.2, 0.25) is 0 Å². The maximum absolute atomic E-state index is 5.52. The minimum Gasteiger partial charge on any atom is -0.497 e. The number of thioether (sulfide) groups is 1. The summed E-state index contributed by atoms with van der Waals surface area (Å²) in [6.45, 7) is 0.577. The monoisotopic (exact) mass is 351 g/mol. The van der Waals surface area contributed by atoms with Gasteiger partial charge in [-0.05, 0) is 12.6 Å². The number of ether oxygens (including phenoxy) is 1. The highest BCUT2D eigenvalue weighted by atomic mass is 35.5. The molecule has 2 aromatic rings. The quantitative estimate of drug-likeness (QED) is 0.800. The highest BCUT2D eigenvalue weighted by Gasteiger charge is 2.09. The summed E-state index contributed by atoms with van der Waals surface area (Å²) in [7, 11) is 3.60. The Morgan fingerprint density at radius 2 is 2.10 bits per heavy atom. The molecule has 0 saturated carbocycles. The summed E-state index contributed by atoms with van der Waals surface area (Å²) in [4.78, 5) is 4.30. The summed E-state index contributed by atoms with van der Waals surface area (Å²) < 4.78 is 7.14. The van der Waals surface area contributed by atoms with Crippen LogP contribution in [0.1, 0.15) is 11.5 Å². The average Bonchev–Trinajstić information content (AvgIpc) is 2.78. The van der Waals surface area contributed by atoms with Gasteiger partial charge in [0.1, 0.15) is 11.6 Å². The van der Waals surface area contributed by atoms with Gasteiger partial charge in [-0.1, -0.05) is 11.8 Å². The zero-order valence-corrected chi connectivity index (χ0v) is 14.3.